The minimum Gasteiger partial charge on any atom is -0.374 e. The van der Waals surface area contributed by atoms with Crippen molar-refractivity contribution in [2.45, 2.75) is 44.1 Å². The third-order valence-corrected chi connectivity index (χ3v) is 6.06. The molecule has 1 atom stereocenters. The Kier molecular flexibility index (Phi) is 8.40. The molecule has 0 saturated carbocycles. The number of rotatable bonds is 7. The fraction of sp³-hybridized carbons (Fsp3) is 0.375. The second-order valence-corrected chi connectivity index (χ2v) is 9.41. The highest BCUT2D eigenvalue weighted by atomic mass is 35.5. The second-order valence-electron chi connectivity index (χ2n) is 9.01. The van der Waals surface area contributed by atoms with Gasteiger partial charge in [-0.05, 0) is 42.3 Å². The van der Waals surface area contributed by atoms with Gasteiger partial charge in [0.05, 0.1) is 35.8 Å². The number of alkyl halides is 8. The summed E-state index contributed by atoms with van der Waals surface area (Å²) in [4.78, 5) is 28.7. The van der Waals surface area contributed by atoms with E-state index >= 15 is 0 Å². The van der Waals surface area contributed by atoms with Crippen molar-refractivity contribution >= 4 is 29.1 Å². The molecule has 16 heteroatoms. The average molecular weight is 604 g/mol. The van der Waals surface area contributed by atoms with E-state index in [4.69, 9.17) is 11.6 Å². The number of carbonyl (C=O) groups excluding carboxylic acids is 2. The summed E-state index contributed by atoms with van der Waals surface area (Å²) < 4.78 is 123. The first-order chi connectivity index (χ1) is 18.2. The van der Waals surface area contributed by atoms with Crippen LogP contribution in [0.15, 0.2) is 35.5 Å². The van der Waals surface area contributed by atoms with E-state index in [1.165, 1.54) is 13.0 Å². The van der Waals surface area contributed by atoms with Gasteiger partial charge in [-0.2, -0.15) is 26.3 Å². The maximum Gasteiger partial charge on any atom is 0.435 e. The summed E-state index contributed by atoms with van der Waals surface area (Å²) in [5.41, 5.74) is -7.07. The molecular formula is C24H19ClF9N3O3. The SMILES string of the molecule is Cc1cc(C2=NO[C@](c3cc(C(F)(F)F)cc(Cl)c3F)(C(F)(F)F)C2)ccc1C(=O)NCC(=O)NCC(C)(F)F. The van der Waals surface area contributed by atoms with Crippen molar-refractivity contribution in [2.24, 2.45) is 5.16 Å². The molecule has 0 spiro atoms. The van der Waals surface area contributed by atoms with Crippen LogP contribution in [0.4, 0.5) is 39.5 Å². The van der Waals surface area contributed by atoms with E-state index in [-0.39, 0.29) is 28.8 Å². The van der Waals surface area contributed by atoms with Gasteiger partial charge >= 0.3 is 12.4 Å². The lowest BCUT2D eigenvalue weighted by molar-refractivity contribution is -0.276. The minimum atomic E-state index is -5.44. The third kappa shape index (κ3) is 6.62. The standard InChI is InChI=1S/C24H19ClF9N3O3/c1-11-5-12(3-4-14(11)20(39)35-9-18(38)36-10-21(2,27)28)17-8-22(40-37-17,24(32,33)34)15-6-13(23(29,30)31)7-16(25)19(15)26/h3-7H,8-10H2,1-2H3,(H,35,39)(H,36,38)/t22-/m1/s1. The zero-order chi connectivity index (χ0) is 30.3. The van der Waals surface area contributed by atoms with E-state index in [0.717, 1.165) is 12.1 Å². The molecule has 0 aliphatic carbocycles. The number of aryl methyl sites for hydroxylation is 1. The molecule has 1 aliphatic rings. The number of halogens is 10. The van der Waals surface area contributed by atoms with Gasteiger partial charge in [0.15, 0.2) is 0 Å². The molecule has 0 fully saturated rings. The molecule has 2 amide bonds. The second kappa shape index (κ2) is 10.8. The molecule has 0 radical (unpaired) electrons. The normalized spacial score (nSPS) is 17.8. The molecule has 2 aromatic rings. The summed E-state index contributed by atoms with van der Waals surface area (Å²) in [6.07, 6.45) is -11.8. The number of nitrogens with zero attached hydrogens (tertiary/aromatic N) is 1. The van der Waals surface area contributed by atoms with Gasteiger partial charge in [0.2, 0.25) is 5.91 Å². The molecule has 218 valence electrons. The Labute approximate surface area is 225 Å². The number of carbonyl (C=O) groups is 2. The summed E-state index contributed by atoms with van der Waals surface area (Å²) in [6.45, 7) is 0.377. The van der Waals surface area contributed by atoms with Crippen molar-refractivity contribution < 1.29 is 53.9 Å². The smallest absolute Gasteiger partial charge is 0.374 e. The predicted molar refractivity (Wildman–Crippen MR) is 124 cm³/mol. The summed E-state index contributed by atoms with van der Waals surface area (Å²) in [5.74, 6) is -6.63. The third-order valence-electron chi connectivity index (χ3n) is 5.79. The van der Waals surface area contributed by atoms with Crippen molar-refractivity contribution in [3.63, 3.8) is 0 Å². The number of hydrogen-bond donors (Lipinski definition) is 2. The molecular weight excluding hydrogens is 585 g/mol. The lowest BCUT2D eigenvalue weighted by atomic mass is 9.85. The van der Waals surface area contributed by atoms with Crippen LogP contribution in [0.25, 0.3) is 0 Å². The molecule has 0 unspecified atom stereocenters. The van der Waals surface area contributed by atoms with Gasteiger partial charge in [-0.1, -0.05) is 22.8 Å². The fourth-order valence-corrected chi connectivity index (χ4v) is 3.97. The number of amides is 2. The maximum absolute atomic E-state index is 14.7. The van der Waals surface area contributed by atoms with Crippen molar-refractivity contribution in [1.29, 1.82) is 0 Å². The van der Waals surface area contributed by atoms with Crippen molar-refractivity contribution in [3.05, 3.63) is 69.0 Å². The van der Waals surface area contributed by atoms with Gasteiger partial charge in [0.1, 0.15) is 5.82 Å². The maximum atomic E-state index is 14.7. The lowest BCUT2D eigenvalue weighted by Crippen LogP contribution is -2.43. The van der Waals surface area contributed by atoms with E-state index in [0.29, 0.717) is 6.92 Å². The predicted octanol–water partition coefficient (Wildman–Crippen LogP) is 5.89. The molecule has 0 saturated heterocycles. The van der Waals surface area contributed by atoms with E-state index in [9.17, 15) is 49.1 Å². The number of benzene rings is 2. The Morgan fingerprint density at radius 1 is 1.05 bits per heavy atom. The highest BCUT2D eigenvalue weighted by Gasteiger charge is 2.64. The van der Waals surface area contributed by atoms with Gasteiger partial charge in [0, 0.05) is 18.1 Å². The topological polar surface area (TPSA) is 79.8 Å². The average Bonchev–Trinajstić information content (AvgIpc) is 3.28. The highest BCUT2D eigenvalue weighted by molar-refractivity contribution is 6.30. The number of nitrogens with one attached hydrogen (secondary N) is 2. The van der Waals surface area contributed by atoms with E-state index in [1.54, 1.807) is 0 Å². The van der Waals surface area contributed by atoms with E-state index in [2.05, 4.69) is 15.3 Å². The Morgan fingerprint density at radius 3 is 2.25 bits per heavy atom. The molecule has 2 N–H and O–H groups in total. The first kappa shape index (κ1) is 31.0. The Hall–Kier alpha value is -3.49. The largest absolute Gasteiger partial charge is 0.435 e. The monoisotopic (exact) mass is 603 g/mol. The first-order valence-electron chi connectivity index (χ1n) is 11.2. The van der Waals surface area contributed by atoms with Crippen LogP contribution in [0.2, 0.25) is 5.02 Å². The zero-order valence-corrected chi connectivity index (χ0v) is 21.2. The number of oxime groups is 1. The van der Waals surface area contributed by atoms with Crippen LogP contribution >= 0.6 is 11.6 Å². The van der Waals surface area contributed by atoms with E-state index < -0.39 is 82.9 Å². The van der Waals surface area contributed by atoms with Gasteiger partial charge in [-0.3, -0.25) is 9.59 Å². The minimum absolute atomic E-state index is 0.0263. The van der Waals surface area contributed by atoms with Crippen LogP contribution in [0.3, 0.4) is 0 Å². The van der Waals surface area contributed by atoms with E-state index in [1.807, 2.05) is 5.32 Å². The zero-order valence-electron chi connectivity index (χ0n) is 20.5. The summed E-state index contributed by atoms with van der Waals surface area (Å²) in [5, 5.41) is 6.29. The molecule has 1 aliphatic heterocycles. The molecule has 2 aromatic carbocycles. The number of hydrogen-bond acceptors (Lipinski definition) is 4. The van der Waals surface area contributed by atoms with Crippen LogP contribution < -0.4 is 10.6 Å². The van der Waals surface area contributed by atoms with Crippen LogP contribution in [0.5, 0.6) is 0 Å². The van der Waals surface area contributed by atoms with Crippen LogP contribution in [-0.4, -0.2) is 42.7 Å². The van der Waals surface area contributed by atoms with Crippen LogP contribution in [-0.2, 0) is 21.4 Å². The Morgan fingerprint density at radius 2 is 1.70 bits per heavy atom. The van der Waals surface area contributed by atoms with Gasteiger partial charge < -0.3 is 15.5 Å². The quantitative estimate of drug-likeness (QED) is 0.388. The van der Waals surface area contributed by atoms with Gasteiger partial charge in [-0.25, -0.2) is 13.2 Å². The molecule has 0 bridgehead atoms. The van der Waals surface area contributed by atoms with Crippen LogP contribution in [0.1, 0.15) is 46.0 Å². The van der Waals surface area contributed by atoms with Crippen molar-refractivity contribution in [2.75, 3.05) is 13.1 Å². The molecule has 40 heavy (non-hydrogen) atoms. The molecule has 3 rings (SSSR count). The Bertz CT molecular complexity index is 1350. The highest BCUT2D eigenvalue weighted by Crippen LogP contribution is 2.51. The molecule has 6 nitrogen and oxygen atoms in total. The van der Waals surface area contributed by atoms with Crippen LogP contribution in [0, 0.1) is 12.7 Å². The van der Waals surface area contributed by atoms with Crippen molar-refractivity contribution in [3.8, 4) is 0 Å². The first-order valence-corrected chi connectivity index (χ1v) is 11.6. The molecule has 1 heterocycles. The van der Waals surface area contributed by atoms with Gasteiger partial charge in [0.25, 0.3) is 17.4 Å². The molecule has 0 aromatic heterocycles. The summed E-state index contributed by atoms with van der Waals surface area (Å²) in [6, 6.07) is 3.65. The summed E-state index contributed by atoms with van der Waals surface area (Å²) in [7, 11) is 0. The fourth-order valence-electron chi connectivity index (χ4n) is 3.75. The van der Waals surface area contributed by atoms with Crippen molar-refractivity contribution in [1.82, 2.24) is 10.6 Å². The Balaban J connectivity index is 1.85. The lowest BCUT2D eigenvalue weighted by Gasteiger charge is -2.30. The summed E-state index contributed by atoms with van der Waals surface area (Å²) >= 11 is 5.49. The van der Waals surface area contributed by atoms with Gasteiger partial charge in [-0.15, -0.1) is 0 Å².